The monoisotopic (exact) mass is 369 g/mol. The first-order chi connectivity index (χ1) is 13.0. The zero-order chi connectivity index (χ0) is 19.2. The predicted octanol–water partition coefficient (Wildman–Crippen LogP) is 3.83. The summed E-state index contributed by atoms with van der Waals surface area (Å²) in [5, 5.41) is 3.19. The zero-order valence-electron chi connectivity index (χ0n) is 15.0. The maximum atomic E-state index is 12.8. The fourth-order valence-corrected chi connectivity index (χ4v) is 2.62. The number of ether oxygens (including phenoxy) is 1. The van der Waals surface area contributed by atoms with Crippen molar-refractivity contribution in [2.75, 3.05) is 13.2 Å². The van der Waals surface area contributed by atoms with Gasteiger partial charge >= 0.3 is 0 Å². The van der Waals surface area contributed by atoms with Crippen LogP contribution in [0.2, 0.25) is 0 Å². The molecular formula is C21H20FNO4. The molecule has 1 N–H and O–H groups in total. The lowest BCUT2D eigenvalue weighted by molar-refractivity contribution is 0.0925. The topological polar surface area (TPSA) is 68.5 Å². The Hall–Kier alpha value is -3.15. The summed E-state index contributed by atoms with van der Waals surface area (Å²) in [6, 6.07) is 12.3. The number of hydrogen-bond acceptors (Lipinski definition) is 4. The van der Waals surface area contributed by atoms with Gasteiger partial charge in [-0.1, -0.05) is 11.6 Å². The second kappa shape index (κ2) is 8.49. The number of benzene rings is 2. The van der Waals surface area contributed by atoms with Crippen LogP contribution in [0.3, 0.4) is 0 Å². The molecule has 0 atom stereocenters. The quantitative estimate of drug-likeness (QED) is 0.643. The maximum absolute atomic E-state index is 12.8. The third-order valence-electron chi connectivity index (χ3n) is 4.05. The van der Waals surface area contributed by atoms with Crippen molar-refractivity contribution in [2.45, 2.75) is 19.8 Å². The van der Waals surface area contributed by atoms with Crippen LogP contribution in [0.15, 0.2) is 57.7 Å². The van der Waals surface area contributed by atoms with E-state index in [1.807, 2.05) is 13.0 Å². The Bertz CT molecular complexity index is 995. The number of amides is 1. The standard InChI is InChI=1S/C21H20FNO4/c1-14-4-9-19-17(12-14)18(24)13-20(27-19)21(25)23-10-2-3-11-26-16-7-5-15(22)6-8-16/h4-9,12-13H,2-3,10-11H2,1H3,(H,23,25). The van der Waals surface area contributed by atoms with Gasteiger partial charge in [0.15, 0.2) is 11.2 Å². The van der Waals surface area contributed by atoms with E-state index in [0.717, 1.165) is 12.0 Å². The van der Waals surface area contributed by atoms with Crippen molar-refractivity contribution in [1.82, 2.24) is 5.32 Å². The third kappa shape index (κ3) is 4.94. The molecule has 5 nitrogen and oxygen atoms in total. The highest BCUT2D eigenvalue weighted by Gasteiger charge is 2.12. The molecule has 1 heterocycles. The first-order valence-electron chi connectivity index (χ1n) is 8.74. The van der Waals surface area contributed by atoms with Crippen molar-refractivity contribution in [3.05, 3.63) is 75.9 Å². The van der Waals surface area contributed by atoms with Crippen LogP contribution in [-0.4, -0.2) is 19.1 Å². The van der Waals surface area contributed by atoms with Gasteiger partial charge in [-0.05, 0) is 56.2 Å². The molecule has 140 valence electrons. The van der Waals surface area contributed by atoms with Gasteiger partial charge in [-0.25, -0.2) is 4.39 Å². The van der Waals surface area contributed by atoms with Crippen LogP contribution in [0.1, 0.15) is 29.0 Å². The fraction of sp³-hybridized carbons (Fsp3) is 0.238. The van der Waals surface area contributed by atoms with Gasteiger partial charge in [0.25, 0.3) is 5.91 Å². The molecule has 0 spiro atoms. The van der Waals surface area contributed by atoms with Crippen molar-refractivity contribution in [3.8, 4) is 5.75 Å². The molecule has 2 aromatic carbocycles. The van der Waals surface area contributed by atoms with Gasteiger partial charge in [0, 0.05) is 12.6 Å². The van der Waals surface area contributed by atoms with Gasteiger partial charge in [-0.15, -0.1) is 0 Å². The van der Waals surface area contributed by atoms with Gasteiger partial charge in [-0.3, -0.25) is 9.59 Å². The second-order valence-electron chi connectivity index (χ2n) is 6.24. The van der Waals surface area contributed by atoms with Crippen LogP contribution < -0.4 is 15.5 Å². The van der Waals surface area contributed by atoms with E-state index in [1.54, 1.807) is 24.3 Å². The summed E-state index contributed by atoms with van der Waals surface area (Å²) >= 11 is 0. The van der Waals surface area contributed by atoms with E-state index in [0.29, 0.717) is 36.3 Å². The largest absolute Gasteiger partial charge is 0.494 e. The lowest BCUT2D eigenvalue weighted by atomic mass is 10.1. The predicted molar refractivity (Wildman–Crippen MR) is 101 cm³/mol. The van der Waals surface area contributed by atoms with Gasteiger partial charge < -0.3 is 14.5 Å². The highest BCUT2D eigenvalue weighted by atomic mass is 19.1. The van der Waals surface area contributed by atoms with Crippen molar-refractivity contribution < 1.29 is 18.3 Å². The number of carbonyl (C=O) groups excluding carboxylic acids is 1. The maximum Gasteiger partial charge on any atom is 0.287 e. The van der Waals surface area contributed by atoms with Crippen molar-refractivity contribution in [3.63, 3.8) is 0 Å². The highest BCUT2D eigenvalue weighted by molar-refractivity contribution is 5.93. The van der Waals surface area contributed by atoms with E-state index in [2.05, 4.69) is 5.32 Å². The molecule has 27 heavy (non-hydrogen) atoms. The molecule has 0 saturated carbocycles. The van der Waals surface area contributed by atoms with Crippen LogP contribution in [0, 0.1) is 12.7 Å². The van der Waals surface area contributed by atoms with E-state index in [4.69, 9.17) is 9.15 Å². The number of fused-ring (bicyclic) bond motifs is 1. The van der Waals surface area contributed by atoms with Crippen LogP contribution in [0.5, 0.6) is 5.75 Å². The van der Waals surface area contributed by atoms with Crippen molar-refractivity contribution in [1.29, 1.82) is 0 Å². The number of hydrogen-bond donors (Lipinski definition) is 1. The average Bonchev–Trinajstić information content (AvgIpc) is 2.66. The Labute approximate surface area is 155 Å². The molecule has 0 aliphatic heterocycles. The average molecular weight is 369 g/mol. The molecule has 3 aromatic rings. The molecule has 1 amide bonds. The lowest BCUT2D eigenvalue weighted by Crippen LogP contribution is -2.25. The molecule has 0 bridgehead atoms. The van der Waals surface area contributed by atoms with E-state index in [1.165, 1.54) is 18.2 Å². The van der Waals surface area contributed by atoms with Crippen molar-refractivity contribution >= 4 is 16.9 Å². The summed E-state index contributed by atoms with van der Waals surface area (Å²) in [6.45, 7) is 2.78. The molecular weight excluding hydrogens is 349 g/mol. The number of rotatable bonds is 7. The summed E-state index contributed by atoms with van der Waals surface area (Å²) in [5.41, 5.74) is 1.11. The SMILES string of the molecule is Cc1ccc2oc(C(=O)NCCCCOc3ccc(F)cc3)cc(=O)c2c1. The zero-order valence-corrected chi connectivity index (χ0v) is 15.0. The molecule has 6 heteroatoms. The van der Waals surface area contributed by atoms with E-state index in [-0.39, 0.29) is 17.0 Å². The molecule has 0 radical (unpaired) electrons. The first-order valence-corrected chi connectivity index (χ1v) is 8.74. The van der Waals surface area contributed by atoms with Gasteiger partial charge in [-0.2, -0.15) is 0 Å². The minimum Gasteiger partial charge on any atom is -0.494 e. The normalized spacial score (nSPS) is 10.7. The van der Waals surface area contributed by atoms with Crippen molar-refractivity contribution in [2.24, 2.45) is 0 Å². The van der Waals surface area contributed by atoms with Crippen LogP contribution >= 0.6 is 0 Å². The smallest absolute Gasteiger partial charge is 0.287 e. The van der Waals surface area contributed by atoms with Crippen LogP contribution in [0.25, 0.3) is 11.0 Å². The summed E-state index contributed by atoms with van der Waals surface area (Å²) in [6.07, 6.45) is 1.42. The molecule has 0 unspecified atom stereocenters. The van der Waals surface area contributed by atoms with Gasteiger partial charge in [0.2, 0.25) is 0 Å². The summed E-state index contributed by atoms with van der Waals surface area (Å²) in [5.74, 6) is -0.123. The van der Waals surface area contributed by atoms with Gasteiger partial charge in [0.05, 0.1) is 12.0 Å². The molecule has 1 aromatic heterocycles. The number of unbranched alkanes of at least 4 members (excludes halogenated alkanes) is 1. The Kier molecular flexibility index (Phi) is 5.86. The van der Waals surface area contributed by atoms with Gasteiger partial charge in [0.1, 0.15) is 17.1 Å². The van der Waals surface area contributed by atoms with E-state index >= 15 is 0 Å². The summed E-state index contributed by atoms with van der Waals surface area (Å²) in [7, 11) is 0. The lowest BCUT2D eigenvalue weighted by Gasteiger charge is -2.07. The Morgan fingerprint density at radius 1 is 1.11 bits per heavy atom. The first kappa shape index (κ1) is 18.6. The number of nitrogens with one attached hydrogen (secondary N) is 1. The summed E-state index contributed by atoms with van der Waals surface area (Å²) < 4.78 is 23.8. The number of aryl methyl sites for hydroxylation is 1. The Balaban J connectivity index is 1.46. The van der Waals surface area contributed by atoms with E-state index < -0.39 is 5.91 Å². The summed E-state index contributed by atoms with van der Waals surface area (Å²) in [4.78, 5) is 24.3. The Morgan fingerprint density at radius 3 is 2.67 bits per heavy atom. The van der Waals surface area contributed by atoms with Crippen LogP contribution in [0.4, 0.5) is 4.39 Å². The third-order valence-corrected chi connectivity index (χ3v) is 4.05. The molecule has 0 saturated heterocycles. The molecule has 3 rings (SSSR count). The number of halogens is 1. The molecule has 0 aliphatic carbocycles. The highest BCUT2D eigenvalue weighted by Crippen LogP contribution is 2.14. The number of carbonyl (C=O) groups is 1. The van der Waals surface area contributed by atoms with Crippen LogP contribution in [-0.2, 0) is 0 Å². The van der Waals surface area contributed by atoms with E-state index in [9.17, 15) is 14.0 Å². The second-order valence-corrected chi connectivity index (χ2v) is 6.24. The Morgan fingerprint density at radius 2 is 1.89 bits per heavy atom. The minimum absolute atomic E-state index is 0.00100. The fourth-order valence-electron chi connectivity index (χ4n) is 2.62. The molecule has 0 fully saturated rings. The minimum atomic E-state index is -0.422. The molecule has 0 aliphatic rings.